The fourth-order valence-corrected chi connectivity index (χ4v) is 3.30. The molecule has 1 aromatic carbocycles. The van der Waals surface area contributed by atoms with Crippen molar-refractivity contribution in [2.75, 3.05) is 0 Å². The van der Waals surface area contributed by atoms with Crippen molar-refractivity contribution in [3.05, 3.63) is 33.4 Å². The topological polar surface area (TPSA) is 111 Å². The monoisotopic (exact) mass is 560 g/mol. The Labute approximate surface area is 203 Å². The van der Waals surface area contributed by atoms with Crippen LogP contribution in [-0.4, -0.2) is 41.5 Å². The van der Waals surface area contributed by atoms with E-state index in [1.165, 1.54) is 0 Å². The molecular formula is C23H33IN2O6. The maximum atomic E-state index is 12.7. The molecule has 0 aliphatic rings. The van der Waals surface area contributed by atoms with Gasteiger partial charge in [0.1, 0.15) is 23.5 Å². The molecule has 2 amide bonds. The van der Waals surface area contributed by atoms with Gasteiger partial charge < -0.3 is 24.9 Å². The van der Waals surface area contributed by atoms with Crippen molar-refractivity contribution in [3.8, 4) is 0 Å². The summed E-state index contributed by atoms with van der Waals surface area (Å²) >= 11 is 2.15. The number of benzene rings is 1. The number of hydrogen-bond acceptors (Lipinski definition) is 6. The number of carbonyl (C=O) groups excluding carboxylic acids is 4. The number of rotatable bonds is 9. The van der Waals surface area contributed by atoms with Crippen LogP contribution in [0.5, 0.6) is 0 Å². The molecule has 0 aromatic heterocycles. The van der Waals surface area contributed by atoms with Gasteiger partial charge in [-0.1, -0.05) is 12.1 Å². The largest absolute Gasteiger partial charge is 0.460 e. The average Bonchev–Trinajstić information content (AvgIpc) is 2.61. The highest BCUT2D eigenvalue weighted by atomic mass is 127. The lowest BCUT2D eigenvalue weighted by Gasteiger charge is -2.26. The van der Waals surface area contributed by atoms with Gasteiger partial charge in [0, 0.05) is 16.4 Å². The molecule has 9 heteroatoms. The summed E-state index contributed by atoms with van der Waals surface area (Å²) < 4.78 is 11.6. The lowest BCUT2D eigenvalue weighted by atomic mass is 10.0. The third-order valence-corrected chi connectivity index (χ3v) is 4.61. The van der Waals surface area contributed by atoms with Crippen LogP contribution in [0.15, 0.2) is 24.3 Å². The summed E-state index contributed by atoms with van der Waals surface area (Å²) in [4.78, 5) is 48.5. The number of nitrogens with one attached hydrogen (secondary N) is 2. The fourth-order valence-electron chi connectivity index (χ4n) is 2.73. The molecule has 0 fully saturated rings. The molecular weight excluding hydrogens is 527 g/mol. The first-order chi connectivity index (χ1) is 14.7. The number of urea groups is 1. The van der Waals surface area contributed by atoms with Gasteiger partial charge in [-0.25, -0.2) is 9.59 Å². The van der Waals surface area contributed by atoms with Crippen LogP contribution in [0.25, 0.3) is 0 Å². The lowest BCUT2D eigenvalue weighted by Crippen LogP contribution is -2.49. The standard InChI is InChI=1S/C23H33IN2O6/c1-22(2,3)31-19(28)11-10-18(20(29)32-23(4,5)6)26-21(30)25-17(12-13-27)15-8-7-9-16(24)14-15/h7-9,13-14,17-18H,10-12H2,1-6H3,(H2,25,26,30)/t17?,18-/m0/s1. The molecule has 0 heterocycles. The molecule has 0 aliphatic heterocycles. The number of aldehydes is 1. The summed E-state index contributed by atoms with van der Waals surface area (Å²) in [7, 11) is 0. The van der Waals surface area contributed by atoms with Crippen LogP contribution in [0.4, 0.5) is 4.79 Å². The predicted molar refractivity (Wildman–Crippen MR) is 129 cm³/mol. The van der Waals surface area contributed by atoms with Crippen LogP contribution < -0.4 is 10.6 Å². The molecule has 0 saturated heterocycles. The minimum absolute atomic E-state index is 0.0127. The molecule has 1 aromatic rings. The number of carbonyl (C=O) groups is 4. The fraction of sp³-hybridized carbons (Fsp3) is 0.565. The summed E-state index contributed by atoms with van der Waals surface area (Å²) in [6.07, 6.45) is 0.732. The Hall–Kier alpha value is -2.17. The van der Waals surface area contributed by atoms with Crippen LogP contribution in [0.1, 0.15) is 72.4 Å². The number of ether oxygens (including phenoxy) is 2. The molecule has 2 atom stereocenters. The molecule has 0 saturated carbocycles. The van der Waals surface area contributed by atoms with E-state index in [-0.39, 0.29) is 19.3 Å². The van der Waals surface area contributed by atoms with E-state index < -0.39 is 41.3 Å². The highest BCUT2D eigenvalue weighted by molar-refractivity contribution is 14.1. The maximum Gasteiger partial charge on any atom is 0.329 e. The van der Waals surface area contributed by atoms with Crippen LogP contribution in [0.2, 0.25) is 0 Å². The number of halogens is 1. The van der Waals surface area contributed by atoms with Crippen molar-refractivity contribution < 1.29 is 28.7 Å². The molecule has 1 rings (SSSR count). The molecule has 178 valence electrons. The van der Waals surface area contributed by atoms with E-state index in [1.54, 1.807) is 41.5 Å². The molecule has 32 heavy (non-hydrogen) atoms. The summed E-state index contributed by atoms with van der Waals surface area (Å²) in [6.45, 7) is 10.4. The summed E-state index contributed by atoms with van der Waals surface area (Å²) in [5.74, 6) is -1.14. The Bertz CT molecular complexity index is 813. The quantitative estimate of drug-likeness (QED) is 0.268. The zero-order valence-electron chi connectivity index (χ0n) is 19.5. The number of esters is 2. The van der Waals surface area contributed by atoms with E-state index in [0.717, 1.165) is 15.4 Å². The molecule has 8 nitrogen and oxygen atoms in total. The Kier molecular flexibility index (Phi) is 10.6. The van der Waals surface area contributed by atoms with Gasteiger partial charge >= 0.3 is 18.0 Å². The van der Waals surface area contributed by atoms with Crippen LogP contribution in [0.3, 0.4) is 0 Å². The summed E-state index contributed by atoms with van der Waals surface area (Å²) in [5, 5.41) is 5.31. The first-order valence-electron chi connectivity index (χ1n) is 10.4. The molecule has 2 N–H and O–H groups in total. The van der Waals surface area contributed by atoms with Crippen molar-refractivity contribution in [1.82, 2.24) is 10.6 Å². The average molecular weight is 560 g/mol. The minimum atomic E-state index is -1.06. The minimum Gasteiger partial charge on any atom is -0.460 e. The van der Waals surface area contributed by atoms with E-state index in [4.69, 9.17) is 9.47 Å². The first kappa shape index (κ1) is 27.9. The predicted octanol–water partition coefficient (Wildman–Crippen LogP) is 4.05. The molecule has 0 radical (unpaired) electrons. The molecule has 1 unspecified atom stereocenters. The van der Waals surface area contributed by atoms with Gasteiger partial charge in [-0.05, 0) is 88.3 Å². The van der Waals surface area contributed by atoms with Crippen LogP contribution in [-0.2, 0) is 23.9 Å². The molecule has 0 spiro atoms. The van der Waals surface area contributed by atoms with Gasteiger partial charge in [0.2, 0.25) is 0 Å². The van der Waals surface area contributed by atoms with E-state index in [9.17, 15) is 19.2 Å². The Balaban J connectivity index is 2.90. The van der Waals surface area contributed by atoms with Gasteiger partial charge in [-0.3, -0.25) is 4.79 Å². The van der Waals surface area contributed by atoms with Gasteiger partial charge in [-0.15, -0.1) is 0 Å². The number of hydrogen-bond donors (Lipinski definition) is 2. The van der Waals surface area contributed by atoms with Crippen LogP contribution in [0, 0.1) is 3.57 Å². The Morgan fingerprint density at radius 1 is 1.03 bits per heavy atom. The molecule has 0 bridgehead atoms. The third-order valence-electron chi connectivity index (χ3n) is 3.94. The van der Waals surface area contributed by atoms with Gasteiger partial charge in [-0.2, -0.15) is 0 Å². The normalized spacial score (nSPS) is 13.5. The van der Waals surface area contributed by atoms with Gasteiger partial charge in [0.05, 0.1) is 6.04 Å². The summed E-state index contributed by atoms with van der Waals surface area (Å²) in [6, 6.07) is 5.14. The number of amides is 2. The lowest BCUT2D eigenvalue weighted by molar-refractivity contribution is -0.158. The van der Waals surface area contributed by atoms with E-state index in [1.807, 2.05) is 24.3 Å². The smallest absolute Gasteiger partial charge is 0.329 e. The van der Waals surface area contributed by atoms with Crippen molar-refractivity contribution in [2.24, 2.45) is 0 Å². The van der Waals surface area contributed by atoms with E-state index in [2.05, 4.69) is 33.2 Å². The Morgan fingerprint density at radius 3 is 2.19 bits per heavy atom. The zero-order chi connectivity index (χ0) is 24.5. The highest BCUT2D eigenvalue weighted by Crippen LogP contribution is 2.19. The highest BCUT2D eigenvalue weighted by Gasteiger charge is 2.29. The third kappa shape index (κ3) is 11.4. The van der Waals surface area contributed by atoms with Crippen molar-refractivity contribution in [3.63, 3.8) is 0 Å². The van der Waals surface area contributed by atoms with Gasteiger partial charge in [0.25, 0.3) is 0 Å². The maximum absolute atomic E-state index is 12.7. The second-order valence-corrected chi connectivity index (χ2v) is 10.6. The second kappa shape index (κ2) is 12.2. The van der Waals surface area contributed by atoms with Crippen molar-refractivity contribution in [1.29, 1.82) is 0 Å². The van der Waals surface area contributed by atoms with E-state index >= 15 is 0 Å². The first-order valence-corrected chi connectivity index (χ1v) is 11.5. The van der Waals surface area contributed by atoms with Crippen molar-refractivity contribution >= 4 is 46.8 Å². The van der Waals surface area contributed by atoms with E-state index in [0.29, 0.717) is 0 Å². The molecule has 0 aliphatic carbocycles. The van der Waals surface area contributed by atoms with Gasteiger partial charge in [0.15, 0.2) is 0 Å². The second-order valence-electron chi connectivity index (χ2n) is 9.34. The zero-order valence-corrected chi connectivity index (χ0v) is 21.6. The van der Waals surface area contributed by atoms with Crippen LogP contribution >= 0.6 is 22.6 Å². The SMILES string of the molecule is CC(C)(C)OC(=O)CC[C@H](NC(=O)NC(CC=O)c1cccc(I)c1)C(=O)OC(C)(C)C. The van der Waals surface area contributed by atoms with Crippen molar-refractivity contribution in [2.45, 2.75) is 84.1 Å². The Morgan fingerprint density at radius 2 is 1.66 bits per heavy atom. The summed E-state index contributed by atoms with van der Waals surface area (Å²) in [5.41, 5.74) is -0.652.